The Morgan fingerprint density at radius 2 is 1.04 bits per heavy atom. The zero-order valence-corrected chi connectivity index (χ0v) is 18.3. The highest BCUT2D eigenvalue weighted by molar-refractivity contribution is 5.81. The van der Waals surface area contributed by atoms with Gasteiger partial charge in [-0.15, -0.1) is 0 Å². The number of amides is 2. The Bertz CT molecular complexity index is 423. The van der Waals surface area contributed by atoms with E-state index in [1.807, 2.05) is 0 Å². The second-order valence-corrected chi connectivity index (χ2v) is 7.86. The van der Waals surface area contributed by atoms with Crippen LogP contribution in [-0.2, 0) is 19.1 Å². The van der Waals surface area contributed by atoms with Crippen LogP contribution in [0.15, 0.2) is 0 Å². The van der Waals surface area contributed by atoms with Gasteiger partial charge in [-0.3, -0.25) is 9.59 Å². The molecule has 0 aromatic rings. The molecule has 0 bridgehead atoms. The van der Waals surface area contributed by atoms with Crippen LogP contribution >= 0.6 is 0 Å². The Morgan fingerprint density at radius 3 is 1.29 bits per heavy atom. The summed E-state index contributed by atoms with van der Waals surface area (Å²) in [5, 5.41) is 0. The van der Waals surface area contributed by atoms with Gasteiger partial charge in [-0.05, 0) is 12.8 Å². The standard InChI is InChI=1S/C20H40N4O4/c1-5-15(3)17(21)19(25)23-7-11-27-13-9-24(10-14-28-12-8-23)20(26)18(22)16(4)6-2/h15-18H,5-14,21-22H2,1-4H3/p+2/t15-,16+,17+,18-. The molecule has 164 valence electrons. The number of ether oxygens (including phenoxy) is 2. The predicted octanol–water partition coefficient (Wildman–Crippen LogP) is -0.996. The molecule has 0 spiro atoms. The molecule has 2 amide bonds. The van der Waals surface area contributed by atoms with E-state index in [2.05, 4.69) is 39.2 Å². The van der Waals surface area contributed by atoms with E-state index >= 15 is 0 Å². The maximum atomic E-state index is 12.7. The topological polar surface area (TPSA) is 114 Å². The first kappa shape index (κ1) is 24.8. The van der Waals surface area contributed by atoms with Crippen LogP contribution in [0.3, 0.4) is 0 Å². The first-order valence-electron chi connectivity index (χ1n) is 10.7. The minimum atomic E-state index is -0.249. The Labute approximate surface area is 169 Å². The highest BCUT2D eigenvalue weighted by atomic mass is 16.5. The van der Waals surface area contributed by atoms with Crippen molar-refractivity contribution in [3.8, 4) is 0 Å². The van der Waals surface area contributed by atoms with Crippen LogP contribution in [0.1, 0.15) is 40.5 Å². The van der Waals surface area contributed by atoms with Gasteiger partial charge < -0.3 is 30.7 Å². The third-order valence-corrected chi connectivity index (χ3v) is 5.94. The van der Waals surface area contributed by atoms with Crippen LogP contribution in [0.2, 0.25) is 0 Å². The van der Waals surface area contributed by atoms with E-state index in [1.54, 1.807) is 9.80 Å². The largest absolute Gasteiger partial charge is 0.378 e. The summed E-state index contributed by atoms with van der Waals surface area (Å²) in [6.45, 7) is 12.1. The van der Waals surface area contributed by atoms with Gasteiger partial charge in [-0.2, -0.15) is 0 Å². The van der Waals surface area contributed by atoms with Crippen LogP contribution in [0.25, 0.3) is 0 Å². The summed E-state index contributed by atoms with van der Waals surface area (Å²) in [4.78, 5) is 29.0. The smallest absolute Gasteiger partial charge is 0.281 e. The zero-order chi connectivity index (χ0) is 21.1. The molecule has 0 aromatic heterocycles. The SMILES string of the molecule is CC[C@@H](C)[C@H]([NH3+])C(=O)N1CCOCCN(C(=O)[C@H]([NH3+])[C@@H](C)CC)CCOCC1. The van der Waals surface area contributed by atoms with Crippen molar-refractivity contribution >= 4 is 11.8 Å². The molecule has 0 aliphatic carbocycles. The van der Waals surface area contributed by atoms with Gasteiger partial charge in [0.05, 0.1) is 26.4 Å². The molecule has 0 unspecified atom stereocenters. The first-order chi connectivity index (χ1) is 13.3. The normalized spacial score (nSPS) is 21.8. The second-order valence-electron chi connectivity index (χ2n) is 7.86. The van der Waals surface area contributed by atoms with Crippen molar-refractivity contribution < 1.29 is 30.5 Å². The molecule has 1 rings (SSSR count). The molecule has 1 heterocycles. The number of rotatable bonds is 6. The second kappa shape index (κ2) is 13.1. The van der Waals surface area contributed by atoms with Crippen LogP contribution in [0.5, 0.6) is 0 Å². The van der Waals surface area contributed by atoms with Crippen molar-refractivity contribution in [1.29, 1.82) is 0 Å². The fourth-order valence-electron chi connectivity index (χ4n) is 3.09. The van der Waals surface area contributed by atoms with E-state index in [0.29, 0.717) is 52.6 Å². The highest BCUT2D eigenvalue weighted by Gasteiger charge is 2.30. The number of nitrogens with zero attached hydrogens (tertiary/aromatic N) is 2. The number of carbonyl (C=O) groups is 2. The quantitative estimate of drug-likeness (QED) is 0.593. The number of hydrogen-bond donors (Lipinski definition) is 2. The van der Waals surface area contributed by atoms with E-state index < -0.39 is 0 Å². The Morgan fingerprint density at radius 1 is 0.750 bits per heavy atom. The molecular weight excluding hydrogens is 360 g/mol. The average molecular weight is 403 g/mol. The van der Waals surface area contributed by atoms with Crippen LogP contribution in [0, 0.1) is 11.8 Å². The monoisotopic (exact) mass is 402 g/mol. The van der Waals surface area contributed by atoms with Crippen LogP contribution in [-0.4, -0.2) is 86.3 Å². The molecule has 0 radical (unpaired) electrons. The van der Waals surface area contributed by atoms with Gasteiger partial charge in [0.2, 0.25) is 0 Å². The summed E-state index contributed by atoms with van der Waals surface area (Å²) < 4.78 is 11.5. The lowest BCUT2D eigenvalue weighted by Gasteiger charge is -2.29. The van der Waals surface area contributed by atoms with E-state index in [9.17, 15) is 9.59 Å². The lowest BCUT2D eigenvalue weighted by Crippen LogP contribution is -2.71. The number of carbonyl (C=O) groups excluding carboxylic acids is 2. The molecule has 1 aliphatic rings. The predicted molar refractivity (Wildman–Crippen MR) is 107 cm³/mol. The van der Waals surface area contributed by atoms with Gasteiger partial charge in [0.15, 0.2) is 12.1 Å². The average Bonchev–Trinajstić information content (AvgIpc) is 2.70. The molecule has 6 N–H and O–H groups in total. The molecule has 8 nitrogen and oxygen atoms in total. The molecule has 1 aliphatic heterocycles. The van der Waals surface area contributed by atoms with Gasteiger partial charge in [-0.25, -0.2) is 0 Å². The van der Waals surface area contributed by atoms with Crippen molar-refractivity contribution in [2.75, 3.05) is 52.6 Å². The molecule has 28 heavy (non-hydrogen) atoms. The van der Waals surface area contributed by atoms with E-state index in [4.69, 9.17) is 9.47 Å². The van der Waals surface area contributed by atoms with Gasteiger partial charge in [-0.1, -0.05) is 27.7 Å². The number of quaternary nitrogens is 2. The van der Waals surface area contributed by atoms with Gasteiger partial charge >= 0.3 is 0 Å². The molecule has 4 atom stereocenters. The fraction of sp³-hybridized carbons (Fsp3) is 0.900. The lowest BCUT2D eigenvalue weighted by molar-refractivity contribution is -0.417. The van der Waals surface area contributed by atoms with E-state index in [1.165, 1.54) is 0 Å². The van der Waals surface area contributed by atoms with Gasteiger partial charge in [0.1, 0.15) is 0 Å². The summed E-state index contributed by atoms with van der Waals surface area (Å²) in [7, 11) is 0. The van der Waals surface area contributed by atoms with Crippen molar-refractivity contribution in [3.05, 3.63) is 0 Å². The third-order valence-electron chi connectivity index (χ3n) is 5.94. The van der Waals surface area contributed by atoms with Crippen LogP contribution in [0.4, 0.5) is 0 Å². The Balaban J connectivity index is 2.61. The summed E-state index contributed by atoms with van der Waals surface area (Å²) in [5.41, 5.74) is 8.11. The van der Waals surface area contributed by atoms with Gasteiger partial charge in [0, 0.05) is 38.0 Å². The van der Waals surface area contributed by atoms with Crippen molar-refractivity contribution in [2.45, 2.75) is 52.6 Å². The molecule has 8 heteroatoms. The minimum Gasteiger partial charge on any atom is -0.378 e. The first-order valence-corrected chi connectivity index (χ1v) is 10.7. The molecule has 1 fully saturated rings. The molecule has 0 aromatic carbocycles. The zero-order valence-electron chi connectivity index (χ0n) is 18.3. The van der Waals surface area contributed by atoms with Crippen molar-refractivity contribution in [1.82, 2.24) is 9.80 Å². The Hall–Kier alpha value is -1.22. The minimum absolute atomic E-state index is 0.0591. The van der Waals surface area contributed by atoms with Crippen LogP contribution < -0.4 is 11.5 Å². The fourth-order valence-corrected chi connectivity index (χ4v) is 3.09. The van der Waals surface area contributed by atoms with Crippen molar-refractivity contribution in [2.24, 2.45) is 11.8 Å². The highest BCUT2D eigenvalue weighted by Crippen LogP contribution is 2.09. The summed E-state index contributed by atoms with van der Waals surface area (Å²) in [6.07, 6.45) is 1.85. The Kier molecular flexibility index (Phi) is 11.6. The summed E-state index contributed by atoms with van der Waals surface area (Å²) in [6, 6.07) is -0.499. The maximum Gasteiger partial charge on any atom is 0.281 e. The summed E-state index contributed by atoms with van der Waals surface area (Å²) in [5.74, 6) is 0.612. The van der Waals surface area contributed by atoms with Gasteiger partial charge in [0.25, 0.3) is 11.8 Å². The molecule has 1 saturated heterocycles. The van der Waals surface area contributed by atoms with Crippen molar-refractivity contribution in [3.63, 3.8) is 0 Å². The lowest BCUT2D eigenvalue weighted by atomic mass is 9.99. The van der Waals surface area contributed by atoms with E-state index in [0.717, 1.165) is 12.8 Å². The molecular formula is C20H42N4O4+2. The van der Waals surface area contributed by atoms with E-state index in [-0.39, 0.29) is 35.7 Å². The number of hydrogen-bond acceptors (Lipinski definition) is 4. The summed E-state index contributed by atoms with van der Waals surface area (Å²) >= 11 is 0. The molecule has 0 saturated carbocycles. The maximum absolute atomic E-state index is 12.7. The third kappa shape index (κ3) is 7.66.